The van der Waals surface area contributed by atoms with Crippen LogP contribution in [0.3, 0.4) is 0 Å². The average molecular weight is 304 g/mol. The van der Waals surface area contributed by atoms with E-state index in [2.05, 4.69) is 10.3 Å². The van der Waals surface area contributed by atoms with Gasteiger partial charge in [-0.3, -0.25) is 9.78 Å². The van der Waals surface area contributed by atoms with Crippen LogP contribution >= 0.6 is 0 Å². The minimum atomic E-state index is -0.613. The summed E-state index contributed by atoms with van der Waals surface area (Å²) in [5.41, 5.74) is 0.816. The maximum absolute atomic E-state index is 12.9. The number of carbonyl (C=O) groups is 1. The van der Waals surface area contributed by atoms with Gasteiger partial charge in [-0.2, -0.15) is 0 Å². The van der Waals surface area contributed by atoms with E-state index in [1.807, 2.05) is 12.1 Å². The third kappa shape index (κ3) is 4.26. The predicted octanol–water partition coefficient (Wildman–Crippen LogP) is 1.51. The van der Waals surface area contributed by atoms with Crippen molar-refractivity contribution in [2.45, 2.75) is 6.42 Å². The van der Waals surface area contributed by atoms with Crippen LogP contribution in [0, 0.1) is 11.7 Å². The third-order valence-corrected chi connectivity index (χ3v) is 3.24. The summed E-state index contributed by atoms with van der Waals surface area (Å²) in [6.45, 7) is 0.120. The van der Waals surface area contributed by atoms with Gasteiger partial charge in [0.15, 0.2) is 0 Å². The molecule has 116 valence electrons. The van der Waals surface area contributed by atoms with Gasteiger partial charge in [0.25, 0.3) is 5.91 Å². The van der Waals surface area contributed by atoms with Crippen LogP contribution in [0.1, 0.15) is 16.1 Å². The number of aliphatic hydroxyl groups is 1. The largest absolute Gasteiger partial charge is 0.507 e. The van der Waals surface area contributed by atoms with Crippen molar-refractivity contribution in [2.75, 3.05) is 13.2 Å². The Morgan fingerprint density at radius 1 is 1.32 bits per heavy atom. The molecule has 1 aromatic heterocycles. The van der Waals surface area contributed by atoms with Crippen LogP contribution in [0.15, 0.2) is 42.6 Å². The summed E-state index contributed by atoms with van der Waals surface area (Å²) in [6, 6.07) is 8.70. The minimum absolute atomic E-state index is 0.00377. The Labute approximate surface area is 127 Å². The number of carbonyl (C=O) groups excluding carboxylic acids is 1. The van der Waals surface area contributed by atoms with Crippen LogP contribution in [0.2, 0.25) is 0 Å². The number of benzene rings is 1. The van der Waals surface area contributed by atoms with Gasteiger partial charge in [-0.15, -0.1) is 0 Å². The lowest BCUT2D eigenvalue weighted by Crippen LogP contribution is -2.32. The van der Waals surface area contributed by atoms with Crippen molar-refractivity contribution in [1.29, 1.82) is 0 Å². The molecule has 0 fully saturated rings. The molecule has 0 bridgehead atoms. The molecule has 22 heavy (non-hydrogen) atoms. The van der Waals surface area contributed by atoms with Crippen LogP contribution in [-0.4, -0.2) is 34.3 Å². The number of pyridine rings is 1. The van der Waals surface area contributed by atoms with Crippen LogP contribution in [-0.2, 0) is 6.42 Å². The molecular formula is C16H17FN2O3. The van der Waals surface area contributed by atoms with E-state index in [4.69, 9.17) is 0 Å². The van der Waals surface area contributed by atoms with Crippen molar-refractivity contribution in [2.24, 2.45) is 5.92 Å². The molecule has 1 amide bonds. The number of hydrogen-bond acceptors (Lipinski definition) is 4. The first kappa shape index (κ1) is 15.9. The fourth-order valence-corrected chi connectivity index (χ4v) is 2.04. The highest BCUT2D eigenvalue weighted by atomic mass is 19.1. The number of amides is 1. The van der Waals surface area contributed by atoms with Gasteiger partial charge in [0.2, 0.25) is 0 Å². The van der Waals surface area contributed by atoms with Gasteiger partial charge < -0.3 is 15.5 Å². The predicted molar refractivity (Wildman–Crippen MR) is 78.9 cm³/mol. The first-order chi connectivity index (χ1) is 10.6. The molecule has 5 nitrogen and oxygen atoms in total. The maximum atomic E-state index is 12.9. The Bertz CT molecular complexity index is 635. The molecule has 0 radical (unpaired) electrons. The molecule has 6 heteroatoms. The quantitative estimate of drug-likeness (QED) is 0.755. The zero-order valence-electron chi connectivity index (χ0n) is 11.9. The highest BCUT2D eigenvalue weighted by Crippen LogP contribution is 2.17. The summed E-state index contributed by atoms with van der Waals surface area (Å²) in [4.78, 5) is 16.1. The lowest BCUT2D eigenvalue weighted by Gasteiger charge is -2.15. The van der Waals surface area contributed by atoms with E-state index in [1.54, 1.807) is 12.3 Å². The lowest BCUT2D eigenvalue weighted by molar-refractivity contribution is 0.0937. The normalized spacial score (nSPS) is 11.9. The van der Waals surface area contributed by atoms with E-state index >= 15 is 0 Å². The van der Waals surface area contributed by atoms with Gasteiger partial charge in [0.05, 0.1) is 5.56 Å². The smallest absolute Gasteiger partial charge is 0.255 e. The number of aromatic hydroxyl groups is 1. The van der Waals surface area contributed by atoms with Gasteiger partial charge in [-0.25, -0.2) is 4.39 Å². The van der Waals surface area contributed by atoms with Gasteiger partial charge in [-0.1, -0.05) is 6.07 Å². The summed E-state index contributed by atoms with van der Waals surface area (Å²) in [7, 11) is 0. The molecule has 1 atom stereocenters. The second-order valence-corrected chi connectivity index (χ2v) is 4.95. The molecule has 1 aromatic carbocycles. The topological polar surface area (TPSA) is 82.5 Å². The second kappa shape index (κ2) is 7.51. The van der Waals surface area contributed by atoms with E-state index in [1.165, 1.54) is 6.07 Å². The number of phenolic OH excluding ortho intramolecular Hbond substituents is 1. The first-order valence-corrected chi connectivity index (χ1v) is 6.87. The Balaban J connectivity index is 1.94. The number of aliphatic hydroxyl groups excluding tert-OH is 1. The number of hydrogen-bond donors (Lipinski definition) is 3. The summed E-state index contributed by atoms with van der Waals surface area (Å²) >= 11 is 0. The molecule has 0 aliphatic rings. The molecule has 1 heterocycles. The van der Waals surface area contributed by atoms with E-state index in [-0.39, 0.29) is 24.6 Å². The molecule has 0 saturated carbocycles. The van der Waals surface area contributed by atoms with Gasteiger partial charge >= 0.3 is 0 Å². The number of nitrogens with one attached hydrogen (secondary N) is 1. The second-order valence-electron chi connectivity index (χ2n) is 4.95. The zero-order chi connectivity index (χ0) is 15.9. The molecule has 2 aromatic rings. The fraction of sp³-hybridized carbons (Fsp3) is 0.250. The number of rotatable bonds is 6. The van der Waals surface area contributed by atoms with E-state index in [9.17, 15) is 19.4 Å². The molecule has 2 rings (SSSR count). The highest BCUT2D eigenvalue weighted by molar-refractivity contribution is 5.96. The summed E-state index contributed by atoms with van der Waals surface area (Å²) in [5.74, 6) is -1.74. The van der Waals surface area contributed by atoms with Gasteiger partial charge in [-0.05, 0) is 30.7 Å². The first-order valence-electron chi connectivity index (χ1n) is 6.87. The SMILES string of the molecule is O=C(NCC(CO)Cc1ccccn1)c1ccc(F)cc1O. The lowest BCUT2D eigenvalue weighted by atomic mass is 10.0. The Hall–Kier alpha value is -2.47. The van der Waals surface area contributed by atoms with Crippen molar-refractivity contribution in [1.82, 2.24) is 10.3 Å². The minimum Gasteiger partial charge on any atom is -0.507 e. The zero-order valence-corrected chi connectivity index (χ0v) is 11.9. The summed E-state index contributed by atoms with van der Waals surface area (Å²) in [6.07, 6.45) is 2.19. The van der Waals surface area contributed by atoms with Crippen LogP contribution in [0.4, 0.5) is 4.39 Å². The van der Waals surface area contributed by atoms with Crippen LogP contribution in [0.25, 0.3) is 0 Å². The van der Waals surface area contributed by atoms with Gasteiger partial charge in [0, 0.05) is 37.0 Å². The standard InChI is InChI=1S/C16H17FN2O3/c17-12-4-5-14(15(21)8-12)16(22)19-9-11(10-20)7-13-3-1-2-6-18-13/h1-6,8,11,20-21H,7,9-10H2,(H,19,22). The van der Waals surface area contributed by atoms with Gasteiger partial charge in [0.1, 0.15) is 11.6 Å². The van der Waals surface area contributed by atoms with Crippen LogP contribution in [0.5, 0.6) is 5.75 Å². The molecule has 3 N–H and O–H groups in total. The molecule has 1 unspecified atom stereocenters. The van der Waals surface area contributed by atoms with Crippen molar-refractivity contribution in [3.05, 3.63) is 59.7 Å². The molecular weight excluding hydrogens is 287 g/mol. The summed E-state index contributed by atoms with van der Waals surface area (Å²) < 4.78 is 12.9. The number of phenols is 1. The molecule has 0 aliphatic heterocycles. The Morgan fingerprint density at radius 3 is 2.77 bits per heavy atom. The van der Waals surface area contributed by atoms with E-state index in [0.717, 1.165) is 17.8 Å². The molecule has 0 aliphatic carbocycles. The third-order valence-electron chi connectivity index (χ3n) is 3.24. The van der Waals surface area contributed by atoms with Crippen molar-refractivity contribution in [3.63, 3.8) is 0 Å². The summed E-state index contributed by atoms with van der Waals surface area (Å²) in [5, 5.41) is 21.6. The molecule has 0 saturated heterocycles. The monoisotopic (exact) mass is 304 g/mol. The Morgan fingerprint density at radius 2 is 2.14 bits per heavy atom. The average Bonchev–Trinajstić information content (AvgIpc) is 2.52. The van der Waals surface area contributed by atoms with Crippen molar-refractivity contribution < 1.29 is 19.4 Å². The molecule has 0 spiro atoms. The number of aromatic nitrogens is 1. The van der Waals surface area contributed by atoms with E-state index < -0.39 is 17.5 Å². The fourth-order valence-electron chi connectivity index (χ4n) is 2.04. The van der Waals surface area contributed by atoms with Crippen molar-refractivity contribution in [3.8, 4) is 5.75 Å². The number of nitrogens with zero attached hydrogens (tertiary/aromatic N) is 1. The number of halogens is 1. The van der Waals surface area contributed by atoms with Crippen molar-refractivity contribution >= 4 is 5.91 Å². The van der Waals surface area contributed by atoms with E-state index in [0.29, 0.717) is 6.42 Å². The Kier molecular flexibility index (Phi) is 5.43. The highest BCUT2D eigenvalue weighted by Gasteiger charge is 2.15. The van der Waals surface area contributed by atoms with Crippen LogP contribution < -0.4 is 5.32 Å². The maximum Gasteiger partial charge on any atom is 0.255 e.